The van der Waals surface area contributed by atoms with Crippen LogP contribution in [0.15, 0.2) is 82.6 Å². The summed E-state index contributed by atoms with van der Waals surface area (Å²) in [6.07, 6.45) is 3.43. The van der Waals surface area contributed by atoms with Crippen LogP contribution in [0, 0.1) is 6.92 Å². The first-order chi connectivity index (χ1) is 18.1. The Balaban J connectivity index is 1.13. The number of nitrogens with zero attached hydrogens (tertiary/aromatic N) is 5. The topological polar surface area (TPSA) is 87.4 Å². The molecular formula is C28H30N6O2S. The van der Waals surface area contributed by atoms with Gasteiger partial charge in [0.2, 0.25) is 0 Å². The molecule has 0 saturated carbocycles. The lowest BCUT2D eigenvalue weighted by molar-refractivity contribution is 0.0921. The zero-order valence-electron chi connectivity index (χ0n) is 20.8. The SMILES string of the molecule is Cc1cc(N2CCN(Cc3ccccc3)CC2)nc(SCc2ccc(C(=O)NCc3cccnc3)o2)n1. The molecule has 1 aliphatic rings. The van der Waals surface area contributed by atoms with Gasteiger partial charge in [-0.3, -0.25) is 14.7 Å². The molecule has 0 spiro atoms. The molecule has 0 atom stereocenters. The van der Waals surface area contributed by atoms with Gasteiger partial charge in [0.1, 0.15) is 11.6 Å². The number of carbonyl (C=O) groups is 1. The number of aryl methyl sites for hydroxylation is 1. The van der Waals surface area contributed by atoms with Crippen LogP contribution in [0.5, 0.6) is 0 Å². The number of anilines is 1. The molecule has 5 rings (SSSR count). The van der Waals surface area contributed by atoms with Gasteiger partial charge in [-0.25, -0.2) is 9.97 Å². The number of furan rings is 1. The number of hydrogen-bond acceptors (Lipinski definition) is 8. The summed E-state index contributed by atoms with van der Waals surface area (Å²) in [4.78, 5) is 30.7. The normalized spacial score (nSPS) is 14.0. The maximum absolute atomic E-state index is 12.4. The molecule has 1 amide bonds. The molecule has 0 aliphatic carbocycles. The summed E-state index contributed by atoms with van der Waals surface area (Å²) in [6.45, 7) is 7.24. The number of rotatable bonds is 9. The fraction of sp³-hybridized carbons (Fsp3) is 0.286. The minimum atomic E-state index is -0.249. The van der Waals surface area contributed by atoms with Crippen molar-refractivity contribution in [3.63, 3.8) is 0 Å². The van der Waals surface area contributed by atoms with Gasteiger partial charge in [-0.05, 0) is 36.2 Å². The maximum atomic E-state index is 12.4. The first kappa shape index (κ1) is 25.0. The molecule has 1 saturated heterocycles. The number of aromatic nitrogens is 3. The van der Waals surface area contributed by atoms with Crippen molar-refractivity contribution in [2.45, 2.75) is 30.9 Å². The van der Waals surface area contributed by atoms with E-state index >= 15 is 0 Å². The fourth-order valence-corrected chi connectivity index (χ4v) is 5.01. The van der Waals surface area contributed by atoms with E-state index in [2.05, 4.69) is 61.5 Å². The van der Waals surface area contributed by atoms with Gasteiger partial charge in [0, 0.05) is 63.4 Å². The first-order valence-electron chi connectivity index (χ1n) is 12.4. The lowest BCUT2D eigenvalue weighted by Gasteiger charge is -2.35. The Morgan fingerprint density at radius 3 is 2.59 bits per heavy atom. The molecule has 190 valence electrons. The first-order valence-corrected chi connectivity index (χ1v) is 13.4. The van der Waals surface area contributed by atoms with E-state index in [0.717, 1.165) is 49.8 Å². The number of thioether (sulfide) groups is 1. The maximum Gasteiger partial charge on any atom is 0.287 e. The highest BCUT2D eigenvalue weighted by Crippen LogP contribution is 2.24. The minimum absolute atomic E-state index is 0.249. The molecule has 0 unspecified atom stereocenters. The van der Waals surface area contributed by atoms with Crippen molar-refractivity contribution in [3.8, 4) is 0 Å². The summed E-state index contributed by atoms with van der Waals surface area (Å²) < 4.78 is 5.77. The Kier molecular flexibility index (Phi) is 8.12. The third kappa shape index (κ3) is 6.96. The summed E-state index contributed by atoms with van der Waals surface area (Å²) in [5.41, 5.74) is 3.22. The van der Waals surface area contributed by atoms with E-state index in [0.29, 0.717) is 29.0 Å². The van der Waals surface area contributed by atoms with Gasteiger partial charge in [0.15, 0.2) is 10.9 Å². The number of hydrogen-bond donors (Lipinski definition) is 1. The summed E-state index contributed by atoms with van der Waals surface area (Å²) >= 11 is 1.51. The lowest BCUT2D eigenvalue weighted by atomic mass is 10.2. The molecule has 9 heteroatoms. The van der Waals surface area contributed by atoms with Crippen LogP contribution < -0.4 is 10.2 Å². The van der Waals surface area contributed by atoms with Gasteiger partial charge in [-0.2, -0.15) is 0 Å². The lowest BCUT2D eigenvalue weighted by Crippen LogP contribution is -2.46. The highest BCUT2D eigenvalue weighted by molar-refractivity contribution is 7.98. The van der Waals surface area contributed by atoms with E-state index in [1.165, 1.54) is 17.3 Å². The molecule has 4 heterocycles. The summed E-state index contributed by atoms with van der Waals surface area (Å²) in [7, 11) is 0. The van der Waals surface area contributed by atoms with E-state index in [1.54, 1.807) is 18.5 Å². The van der Waals surface area contributed by atoms with Crippen molar-refractivity contribution in [1.29, 1.82) is 0 Å². The average Bonchev–Trinajstić information content (AvgIpc) is 3.41. The quantitative estimate of drug-likeness (QED) is 0.261. The number of benzene rings is 1. The Hall–Kier alpha value is -3.69. The van der Waals surface area contributed by atoms with Crippen molar-refractivity contribution >= 4 is 23.5 Å². The second kappa shape index (κ2) is 12.0. The van der Waals surface area contributed by atoms with Gasteiger partial charge < -0.3 is 14.6 Å². The number of carbonyl (C=O) groups excluding carboxylic acids is 1. The second-order valence-electron chi connectivity index (χ2n) is 9.00. The molecular weight excluding hydrogens is 484 g/mol. The highest BCUT2D eigenvalue weighted by atomic mass is 32.2. The Morgan fingerprint density at radius 2 is 1.81 bits per heavy atom. The molecule has 37 heavy (non-hydrogen) atoms. The zero-order chi connectivity index (χ0) is 25.5. The van der Waals surface area contributed by atoms with Crippen LogP contribution in [0.25, 0.3) is 0 Å². The summed E-state index contributed by atoms with van der Waals surface area (Å²) in [5, 5.41) is 3.57. The average molecular weight is 515 g/mol. The predicted octanol–water partition coefficient (Wildman–Crippen LogP) is 4.32. The molecule has 1 fully saturated rings. The highest BCUT2D eigenvalue weighted by Gasteiger charge is 2.19. The van der Waals surface area contributed by atoms with E-state index in [1.807, 2.05) is 25.1 Å². The Bertz CT molecular complexity index is 1310. The van der Waals surface area contributed by atoms with Crippen LogP contribution >= 0.6 is 11.8 Å². The van der Waals surface area contributed by atoms with Gasteiger partial charge >= 0.3 is 0 Å². The molecule has 0 radical (unpaired) electrons. The molecule has 3 aromatic heterocycles. The number of amides is 1. The van der Waals surface area contributed by atoms with E-state index in [9.17, 15) is 4.79 Å². The van der Waals surface area contributed by atoms with Crippen molar-refractivity contribution in [1.82, 2.24) is 25.2 Å². The Labute approximate surface area is 221 Å². The van der Waals surface area contributed by atoms with Crippen LogP contribution in [0.1, 0.15) is 33.1 Å². The largest absolute Gasteiger partial charge is 0.455 e. The molecule has 0 bridgehead atoms. The predicted molar refractivity (Wildman–Crippen MR) is 144 cm³/mol. The van der Waals surface area contributed by atoms with E-state index < -0.39 is 0 Å². The second-order valence-corrected chi connectivity index (χ2v) is 9.94. The number of nitrogens with one attached hydrogen (secondary N) is 1. The number of piperazine rings is 1. The van der Waals surface area contributed by atoms with Gasteiger partial charge in [0.25, 0.3) is 5.91 Å². The van der Waals surface area contributed by atoms with Gasteiger partial charge in [0.05, 0.1) is 5.75 Å². The van der Waals surface area contributed by atoms with Crippen LogP contribution in [0.3, 0.4) is 0 Å². The van der Waals surface area contributed by atoms with Crippen LogP contribution in [0.2, 0.25) is 0 Å². The van der Waals surface area contributed by atoms with Crippen molar-refractivity contribution < 1.29 is 9.21 Å². The standard InChI is InChI=1S/C28H30N6O2S/c1-21-16-26(34-14-12-33(13-15-34)19-22-6-3-2-4-7-22)32-28(31-21)37-20-24-9-10-25(36-24)27(35)30-18-23-8-5-11-29-17-23/h2-11,16-17H,12-15,18-20H2,1H3,(H,30,35). The Morgan fingerprint density at radius 1 is 1.00 bits per heavy atom. The number of pyridine rings is 1. The van der Waals surface area contributed by atoms with Crippen molar-refractivity contribution in [2.24, 2.45) is 0 Å². The van der Waals surface area contributed by atoms with Crippen LogP contribution in [-0.2, 0) is 18.8 Å². The van der Waals surface area contributed by atoms with Gasteiger partial charge in [-0.15, -0.1) is 0 Å². The summed E-state index contributed by atoms with van der Waals surface area (Å²) in [6, 6.07) is 19.9. The van der Waals surface area contributed by atoms with Gasteiger partial charge in [-0.1, -0.05) is 48.2 Å². The molecule has 8 nitrogen and oxygen atoms in total. The van der Waals surface area contributed by atoms with Crippen molar-refractivity contribution in [3.05, 3.63) is 101 Å². The monoisotopic (exact) mass is 514 g/mol. The van der Waals surface area contributed by atoms with Crippen LogP contribution in [0.4, 0.5) is 5.82 Å². The minimum Gasteiger partial charge on any atom is -0.455 e. The smallest absolute Gasteiger partial charge is 0.287 e. The molecule has 1 aromatic carbocycles. The van der Waals surface area contributed by atoms with Crippen molar-refractivity contribution in [2.75, 3.05) is 31.1 Å². The molecule has 1 N–H and O–H groups in total. The zero-order valence-corrected chi connectivity index (χ0v) is 21.7. The third-order valence-corrected chi connectivity index (χ3v) is 7.04. The molecule has 1 aliphatic heterocycles. The van der Waals surface area contributed by atoms with E-state index in [-0.39, 0.29) is 5.91 Å². The third-order valence-electron chi connectivity index (χ3n) is 6.17. The molecule has 4 aromatic rings. The fourth-order valence-electron chi connectivity index (χ4n) is 4.21. The van der Waals surface area contributed by atoms with E-state index in [4.69, 9.17) is 9.40 Å². The summed E-state index contributed by atoms with van der Waals surface area (Å²) in [5.74, 6) is 2.25. The van der Waals surface area contributed by atoms with Crippen LogP contribution in [-0.4, -0.2) is 51.9 Å².